The smallest absolute Gasteiger partial charge is 0.213 e. The maximum Gasteiger partial charge on any atom is 0.213 e. The van der Waals surface area contributed by atoms with Gasteiger partial charge in [0, 0.05) is 109 Å². The summed E-state index contributed by atoms with van der Waals surface area (Å²) in [6, 6.07) is 54.0. The molecule has 0 atom stereocenters. The first-order chi connectivity index (χ1) is 43.9. The van der Waals surface area contributed by atoms with E-state index in [1.54, 1.807) is 0 Å². The Morgan fingerprint density at radius 2 is 0.739 bits per heavy atom. The minimum absolute atomic E-state index is 0.248. The van der Waals surface area contributed by atoms with Crippen LogP contribution in [0, 0.1) is 73.6 Å². The Morgan fingerprint density at radius 3 is 1.07 bits per heavy atom. The highest BCUT2D eigenvalue weighted by Crippen LogP contribution is 2.36. The van der Waals surface area contributed by atoms with E-state index in [0.29, 0.717) is 11.8 Å². The van der Waals surface area contributed by atoms with Gasteiger partial charge in [-0.25, -0.2) is 13.7 Å². The van der Waals surface area contributed by atoms with Gasteiger partial charge in [0.25, 0.3) is 0 Å². The fraction of sp³-hybridized carbons (Fsp3) is 0.302. The van der Waals surface area contributed by atoms with Crippen LogP contribution in [-0.2, 0) is 34.0 Å². The van der Waals surface area contributed by atoms with Crippen molar-refractivity contribution in [1.29, 1.82) is 0 Å². The maximum atomic E-state index is 4.81. The molecular weight excluding hydrogens is 1120 g/mol. The molecule has 1 aliphatic carbocycles. The van der Waals surface area contributed by atoms with E-state index in [1.165, 1.54) is 175 Å². The van der Waals surface area contributed by atoms with E-state index < -0.39 is 0 Å². The third kappa shape index (κ3) is 14.7. The molecule has 6 aromatic heterocycles. The van der Waals surface area contributed by atoms with Crippen molar-refractivity contribution in [2.24, 2.45) is 32.5 Å². The van der Waals surface area contributed by atoms with Gasteiger partial charge in [-0.1, -0.05) is 137 Å². The molecule has 1 aliphatic rings. The van der Waals surface area contributed by atoms with E-state index in [1.807, 2.05) is 12.4 Å². The summed E-state index contributed by atoms with van der Waals surface area (Å²) in [5.74, 6) is 1.29. The highest BCUT2D eigenvalue weighted by Gasteiger charge is 2.22. The number of benzene rings is 6. The van der Waals surface area contributed by atoms with Crippen molar-refractivity contribution < 1.29 is 13.7 Å². The summed E-state index contributed by atoms with van der Waals surface area (Å²) in [6.45, 7) is 31.0. The van der Waals surface area contributed by atoms with Crippen molar-refractivity contribution in [3.63, 3.8) is 0 Å². The van der Waals surface area contributed by atoms with Gasteiger partial charge in [0.2, 0.25) is 17.1 Å². The van der Waals surface area contributed by atoms with Crippen LogP contribution in [0.1, 0.15) is 133 Å². The Bertz CT molecular complexity index is 4690. The molecule has 0 spiro atoms. The minimum Gasteiger partial charge on any atom is -0.261 e. The molecule has 0 aliphatic heterocycles. The molecule has 6 heteroatoms. The van der Waals surface area contributed by atoms with Crippen molar-refractivity contribution in [2.75, 3.05) is 0 Å². The van der Waals surface area contributed by atoms with Gasteiger partial charge in [-0.2, -0.15) is 0 Å². The SMILES string of the molecule is Cc1cc(C)c(C)c(-c2cc3ccc(-c4ccc(C5CCCC5)nc4)cc3c[n+]2C)c1.Cc1cc(C)c(C)c(-c2cc3ccc(-c4ccc(CC(C)(C)C)nc4)cc3c[n+]2C)c1.Cc1cc(C)c(C)c(-c2cc3ccc(-c4ccc(CC(C)C)nc4)cc3c[n+]2C)c1. The third-order valence-corrected chi connectivity index (χ3v) is 19.1. The molecule has 6 aromatic carbocycles. The molecule has 1 fully saturated rings. The number of aromatic nitrogens is 6. The summed E-state index contributed by atoms with van der Waals surface area (Å²) in [5.41, 5.74) is 30.7. The van der Waals surface area contributed by atoms with E-state index in [9.17, 15) is 0 Å². The van der Waals surface area contributed by atoms with Crippen molar-refractivity contribution >= 4 is 32.3 Å². The first-order valence-electron chi connectivity index (χ1n) is 33.3. The molecule has 1 saturated carbocycles. The lowest BCUT2D eigenvalue weighted by atomic mass is 9.90. The predicted molar refractivity (Wildman–Crippen MR) is 387 cm³/mol. The summed E-state index contributed by atoms with van der Waals surface area (Å²) >= 11 is 0. The van der Waals surface area contributed by atoms with Gasteiger partial charge in [-0.3, -0.25) is 15.0 Å². The van der Waals surface area contributed by atoms with Gasteiger partial charge in [0.05, 0.1) is 0 Å². The van der Waals surface area contributed by atoms with Crippen molar-refractivity contribution in [1.82, 2.24) is 15.0 Å². The van der Waals surface area contributed by atoms with Crippen LogP contribution in [0.25, 0.3) is 99.5 Å². The average Bonchev–Trinajstić information content (AvgIpc) is 0.873. The molecule has 466 valence electrons. The second kappa shape index (κ2) is 27.1. The highest BCUT2D eigenvalue weighted by molar-refractivity contribution is 5.91. The standard InChI is InChI=1S/C29H31N2.C29H33N2.C28H31N2/c1-19-13-20(2)21(3)27(14-19)29-16-24-10-9-23(15-26(24)18-31(29)4)25-11-12-28(30-17-25)22-7-5-6-8-22;1-19-12-20(2)21(3)27(13-19)28-15-23-9-8-22(14-25(23)18-31(28)7)24-10-11-26(30-17-24)16-29(4,5)6;1-18(2)11-26-10-9-24(16-29-26)22-7-8-23-15-28(30(6)17-25(23)14-22)27-13-19(3)12-20(4)21(27)5/h9-18,22H,5-8H2,1-4H3;8-15,17-18H,16H2,1-7H3;7-10,12-18H,11H2,1-6H3/q3*+1. The third-order valence-electron chi connectivity index (χ3n) is 19.1. The van der Waals surface area contributed by atoms with Crippen LogP contribution in [-0.4, -0.2) is 15.0 Å². The normalized spacial score (nSPS) is 12.6. The first kappa shape index (κ1) is 64.5. The fourth-order valence-corrected chi connectivity index (χ4v) is 13.7. The summed E-state index contributed by atoms with van der Waals surface area (Å²) in [6.07, 6.45) is 20.1. The Kier molecular flexibility index (Phi) is 19.0. The fourth-order valence-electron chi connectivity index (χ4n) is 13.7. The zero-order valence-electron chi connectivity index (χ0n) is 57.9. The molecular formula is C86H95N6+3. The molecule has 0 unspecified atom stereocenters. The summed E-state index contributed by atoms with van der Waals surface area (Å²) < 4.78 is 6.75. The van der Waals surface area contributed by atoms with Crippen LogP contribution in [0.15, 0.2) is 183 Å². The molecule has 0 saturated heterocycles. The molecule has 0 bridgehead atoms. The highest BCUT2D eigenvalue weighted by atomic mass is 14.9. The number of pyridine rings is 6. The molecule has 6 heterocycles. The van der Waals surface area contributed by atoms with Gasteiger partial charge in [-0.05, 0) is 220 Å². The van der Waals surface area contributed by atoms with Gasteiger partial charge >= 0.3 is 0 Å². The summed E-state index contributed by atoms with van der Waals surface area (Å²) in [7, 11) is 6.43. The number of fused-ring (bicyclic) bond motifs is 3. The zero-order chi connectivity index (χ0) is 65.3. The Balaban J connectivity index is 0.000000141. The van der Waals surface area contributed by atoms with E-state index in [-0.39, 0.29) is 5.41 Å². The molecule has 92 heavy (non-hydrogen) atoms. The zero-order valence-corrected chi connectivity index (χ0v) is 57.9. The van der Waals surface area contributed by atoms with Crippen LogP contribution in [0.2, 0.25) is 0 Å². The second-order valence-electron chi connectivity index (χ2n) is 28.5. The number of hydrogen-bond donors (Lipinski definition) is 0. The van der Waals surface area contributed by atoms with E-state index >= 15 is 0 Å². The number of hydrogen-bond acceptors (Lipinski definition) is 3. The van der Waals surface area contributed by atoms with Crippen LogP contribution in [0.3, 0.4) is 0 Å². The van der Waals surface area contributed by atoms with Crippen molar-refractivity contribution in [2.45, 2.75) is 141 Å². The van der Waals surface area contributed by atoms with Gasteiger partial charge in [0.15, 0.2) is 18.6 Å². The Labute approximate surface area is 548 Å². The molecule has 0 N–H and O–H groups in total. The topological polar surface area (TPSA) is 50.3 Å². The molecule has 12 aromatic rings. The Hall–Kier alpha value is -9.00. The van der Waals surface area contributed by atoms with Crippen molar-refractivity contribution in [3.05, 3.63) is 250 Å². The van der Waals surface area contributed by atoms with E-state index in [4.69, 9.17) is 9.97 Å². The van der Waals surface area contributed by atoms with Gasteiger partial charge in [-0.15, -0.1) is 0 Å². The average molecular weight is 1210 g/mol. The molecule has 6 nitrogen and oxygen atoms in total. The molecule has 13 rings (SSSR count). The minimum atomic E-state index is 0.248. The van der Waals surface area contributed by atoms with Crippen LogP contribution in [0.5, 0.6) is 0 Å². The number of rotatable bonds is 10. The summed E-state index contributed by atoms with van der Waals surface area (Å²) in [4.78, 5) is 14.2. The number of aryl methyl sites for hydroxylation is 9. The van der Waals surface area contributed by atoms with Crippen molar-refractivity contribution in [3.8, 4) is 67.2 Å². The van der Waals surface area contributed by atoms with Gasteiger partial charge in [0.1, 0.15) is 21.1 Å². The Morgan fingerprint density at radius 1 is 0.391 bits per heavy atom. The molecule has 0 amide bonds. The maximum absolute atomic E-state index is 4.81. The van der Waals surface area contributed by atoms with Crippen LogP contribution in [0.4, 0.5) is 0 Å². The predicted octanol–water partition coefficient (Wildman–Crippen LogP) is 20.4. The quantitative estimate of drug-likeness (QED) is 0.128. The van der Waals surface area contributed by atoms with Gasteiger partial charge < -0.3 is 0 Å². The first-order valence-corrected chi connectivity index (χ1v) is 33.3. The van der Waals surface area contributed by atoms with Crippen LogP contribution >= 0.6 is 0 Å². The monoisotopic (exact) mass is 1210 g/mol. The van der Waals surface area contributed by atoms with E-state index in [0.717, 1.165) is 29.8 Å². The lowest BCUT2D eigenvalue weighted by Crippen LogP contribution is -2.30. The lowest BCUT2D eigenvalue weighted by molar-refractivity contribution is -0.659. The molecule has 0 radical (unpaired) electrons. The lowest BCUT2D eigenvalue weighted by Gasteiger charge is -2.17. The van der Waals surface area contributed by atoms with Crippen LogP contribution < -0.4 is 13.7 Å². The van der Waals surface area contributed by atoms with E-state index in [2.05, 4.69) is 307 Å². The second-order valence-corrected chi connectivity index (χ2v) is 28.5. The summed E-state index contributed by atoms with van der Waals surface area (Å²) in [5, 5.41) is 7.52. The largest absolute Gasteiger partial charge is 0.261 e. The number of nitrogens with zero attached hydrogens (tertiary/aromatic N) is 6.